The van der Waals surface area contributed by atoms with Crippen molar-refractivity contribution in [2.24, 2.45) is 0 Å². The van der Waals surface area contributed by atoms with Crippen molar-refractivity contribution in [2.45, 2.75) is 6.92 Å². The molecule has 0 radical (unpaired) electrons. The molecular weight excluding hydrogens is 206 g/mol. The molecule has 0 saturated carbocycles. The highest BCUT2D eigenvalue weighted by Gasteiger charge is 2.02. The van der Waals surface area contributed by atoms with E-state index >= 15 is 0 Å². The molecule has 0 atom stereocenters. The minimum atomic E-state index is 0.578. The lowest BCUT2D eigenvalue weighted by Gasteiger charge is -2.04. The van der Waals surface area contributed by atoms with E-state index in [2.05, 4.69) is 0 Å². The molecule has 2 rings (SSSR count). The van der Waals surface area contributed by atoms with Crippen LogP contribution in [0.1, 0.15) is 18.1 Å². The van der Waals surface area contributed by atoms with Gasteiger partial charge in [-0.15, -0.1) is 0 Å². The summed E-state index contributed by atoms with van der Waals surface area (Å²) < 4.78 is 0. The van der Waals surface area contributed by atoms with Crippen LogP contribution in [0.15, 0.2) is 66.2 Å². The van der Waals surface area contributed by atoms with E-state index in [0.29, 0.717) is 5.71 Å². The Hall–Kier alpha value is -2.15. The van der Waals surface area contributed by atoms with Gasteiger partial charge >= 0.3 is 0 Å². The molecule has 84 valence electrons. The summed E-state index contributed by atoms with van der Waals surface area (Å²) >= 11 is 0. The molecule has 0 saturated heterocycles. The molecular formula is C16H15N. The third-order valence-corrected chi connectivity index (χ3v) is 2.64. The summed E-state index contributed by atoms with van der Waals surface area (Å²) in [6.45, 7) is 1.97. The monoisotopic (exact) mass is 221 g/mol. The summed E-state index contributed by atoms with van der Waals surface area (Å²) in [7, 11) is 0. The second kappa shape index (κ2) is 5.26. The van der Waals surface area contributed by atoms with Crippen LogP contribution < -0.4 is 0 Å². The first kappa shape index (κ1) is 11.3. The summed E-state index contributed by atoms with van der Waals surface area (Å²) in [5, 5.41) is 8.12. The number of hydrogen-bond acceptors (Lipinski definition) is 1. The molecule has 1 heteroatoms. The standard InChI is InChI=1S/C16H15N/c1-13(12-14-8-4-2-5-9-14)16(17)15-10-6-3-7-11-15/h2-12,17H,1H3. The molecule has 0 aliphatic rings. The lowest BCUT2D eigenvalue weighted by atomic mass is 10.0. The predicted molar refractivity (Wildman–Crippen MR) is 73.4 cm³/mol. The van der Waals surface area contributed by atoms with Crippen LogP contribution in [-0.4, -0.2) is 5.71 Å². The molecule has 0 bridgehead atoms. The Morgan fingerprint density at radius 3 is 2.00 bits per heavy atom. The first-order valence-electron chi connectivity index (χ1n) is 5.65. The van der Waals surface area contributed by atoms with E-state index in [4.69, 9.17) is 5.41 Å². The molecule has 1 nitrogen and oxygen atoms in total. The first-order valence-corrected chi connectivity index (χ1v) is 5.65. The molecule has 0 amide bonds. The van der Waals surface area contributed by atoms with Gasteiger partial charge in [0.2, 0.25) is 0 Å². The zero-order valence-corrected chi connectivity index (χ0v) is 9.85. The Morgan fingerprint density at radius 1 is 0.882 bits per heavy atom. The van der Waals surface area contributed by atoms with Gasteiger partial charge in [0.25, 0.3) is 0 Å². The topological polar surface area (TPSA) is 23.9 Å². The van der Waals surface area contributed by atoms with Crippen LogP contribution in [0.25, 0.3) is 6.08 Å². The lowest BCUT2D eigenvalue weighted by Crippen LogP contribution is -1.99. The first-order chi connectivity index (χ1) is 8.27. The summed E-state index contributed by atoms with van der Waals surface area (Å²) in [6, 6.07) is 19.9. The van der Waals surface area contributed by atoms with Crippen molar-refractivity contribution >= 4 is 11.8 Å². The quantitative estimate of drug-likeness (QED) is 0.752. The van der Waals surface area contributed by atoms with Crippen LogP contribution in [0.2, 0.25) is 0 Å². The minimum Gasteiger partial charge on any atom is -0.300 e. The number of allylic oxidation sites excluding steroid dienone is 1. The maximum Gasteiger partial charge on any atom is 0.0641 e. The fraction of sp³-hybridized carbons (Fsp3) is 0.0625. The molecule has 0 spiro atoms. The van der Waals surface area contributed by atoms with Gasteiger partial charge in [-0.1, -0.05) is 60.7 Å². The third kappa shape index (κ3) is 2.91. The Balaban J connectivity index is 2.24. The van der Waals surface area contributed by atoms with Crippen molar-refractivity contribution in [1.29, 1.82) is 5.41 Å². The Morgan fingerprint density at radius 2 is 1.41 bits per heavy atom. The van der Waals surface area contributed by atoms with E-state index in [1.54, 1.807) is 0 Å². The van der Waals surface area contributed by atoms with Gasteiger partial charge in [0.05, 0.1) is 5.71 Å². The number of hydrogen-bond donors (Lipinski definition) is 1. The highest BCUT2D eigenvalue weighted by molar-refractivity contribution is 6.12. The van der Waals surface area contributed by atoms with Gasteiger partial charge < -0.3 is 0 Å². The predicted octanol–water partition coefficient (Wildman–Crippen LogP) is 4.16. The maximum atomic E-state index is 8.12. The minimum absolute atomic E-state index is 0.578. The number of benzene rings is 2. The summed E-state index contributed by atoms with van der Waals surface area (Å²) in [5.74, 6) is 0. The van der Waals surface area contributed by atoms with Crippen LogP contribution >= 0.6 is 0 Å². The molecule has 2 aromatic rings. The van der Waals surface area contributed by atoms with Crippen LogP contribution in [0.4, 0.5) is 0 Å². The number of rotatable bonds is 3. The van der Waals surface area contributed by atoms with Crippen LogP contribution in [-0.2, 0) is 0 Å². The van der Waals surface area contributed by atoms with Gasteiger partial charge in [0, 0.05) is 0 Å². The molecule has 0 aliphatic heterocycles. The van der Waals surface area contributed by atoms with Gasteiger partial charge in [0.15, 0.2) is 0 Å². The molecule has 0 heterocycles. The zero-order valence-electron chi connectivity index (χ0n) is 9.85. The van der Waals surface area contributed by atoms with E-state index in [9.17, 15) is 0 Å². The van der Waals surface area contributed by atoms with Gasteiger partial charge in [-0.3, -0.25) is 5.41 Å². The highest BCUT2D eigenvalue weighted by atomic mass is 14.4. The smallest absolute Gasteiger partial charge is 0.0641 e. The average molecular weight is 221 g/mol. The molecule has 0 aromatic heterocycles. The van der Waals surface area contributed by atoms with Crippen molar-refractivity contribution in [3.05, 3.63) is 77.4 Å². The molecule has 0 aliphatic carbocycles. The number of nitrogens with one attached hydrogen (secondary N) is 1. The second-order valence-corrected chi connectivity index (χ2v) is 3.98. The fourth-order valence-electron chi connectivity index (χ4n) is 1.70. The fourth-order valence-corrected chi connectivity index (χ4v) is 1.70. The SMILES string of the molecule is CC(=Cc1ccccc1)C(=N)c1ccccc1. The summed E-state index contributed by atoms with van der Waals surface area (Å²) in [6.07, 6.45) is 2.04. The van der Waals surface area contributed by atoms with E-state index < -0.39 is 0 Å². The average Bonchev–Trinajstić information content (AvgIpc) is 2.40. The maximum absolute atomic E-state index is 8.12. The molecule has 2 aromatic carbocycles. The second-order valence-electron chi connectivity index (χ2n) is 3.98. The summed E-state index contributed by atoms with van der Waals surface area (Å²) in [4.78, 5) is 0. The van der Waals surface area contributed by atoms with Crippen molar-refractivity contribution in [1.82, 2.24) is 0 Å². The summed E-state index contributed by atoms with van der Waals surface area (Å²) in [5.41, 5.74) is 3.64. The van der Waals surface area contributed by atoms with E-state index in [-0.39, 0.29) is 0 Å². The van der Waals surface area contributed by atoms with Crippen molar-refractivity contribution < 1.29 is 0 Å². The lowest BCUT2D eigenvalue weighted by molar-refractivity contribution is 1.43. The Bertz CT molecular complexity index is 524. The molecule has 0 fully saturated rings. The molecule has 0 unspecified atom stereocenters. The van der Waals surface area contributed by atoms with E-state index in [1.807, 2.05) is 73.7 Å². The van der Waals surface area contributed by atoms with Crippen LogP contribution in [0, 0.1) is 5.41 Å². The van der Waals surface area contributed by atoms with Crippen LogP contribution in [0.3, 0.4) is 0 Å². The van der Waals surface area contributed by atoms with Gasteiger partial charge in [0.1, 0.15) is 0 Å². The van der Waals surface area contributed by atoms with Crippen LogP contribution in [0.5, 0.6) is 0 Å². The van der Waals surface area contributed by atoms with Crippen molar-refractivity contribution in [3.63, 3.8) is 0 Å². The zero-order chi connectivity index (χ0) is 12.1. The van der Waals surface area contributed by atoms with E-state index in [0.717, 1.165) is 16.7 Å². The van der Waals surface area contributed by atoms with E-state index in [1.165, 1.54) is 0 Å². The molecule has 1 N–H and O–H groups in total. The normalized spacial score (nSPS) is 11.2. The van der Waals surface area contributed by atoms with Gasteiger partial charge in [-0.2, -0.15) is 0 Å². The Kier molecular flexibility index (Phi) is 3.51. The van der Waals surface area contributed by atoms with Gasteiger partial charge in [-0.25, -0.2) is 0 Å². The largest absolute Gasteiger partial charge is 0.300 e. The Labute approximate surface area is 102 Å². The van der Waals surface area contributed by atoms with Gasteiger partial charge in [-0.05, 0) is 29.7 Å². The third-order valence-electron chi connectivity index (χ3n) is 2.64. The van der Waals surface area contributed by atoms with Crippen molar-refractivity contribution in [2.75, 3.05) is 0 Å². The van der Waals surface area contributed by atoms with Crippen molar-refractivity contribution in [3.8, 4) is 0 Å². The highest BCUT2D eigenvalue weighted by Crippen LogP contribution is 2.11. The molecule has 17 heavy (non-hydrogen) atoms.